The molecule has 2 aromatic carbocycles. The summed E-state index contributed by atoms with van der Waals surface area (Å²) >= 11 is 3.47. The van der Waals surface area contributed by atoms with Gasteiger partial charge in [-0.05, 0) is 61.2 Å². The Morgan fingerprint density at radius 1 is 1.04 bits per heavy atom. The highest BCUT2D eigenvalue weighted by Gasteiger charge is 2.15. The van der Waals surface area contributed by atoms with Crippen LogP contribution in [0, 0.1) is 6.92 Å². The van der Waals surface area contributed by atoms with E-state index in [1.165, 1.54) is 12.8 Å². The van der Waals surface area contributed by atoms with Crippen molar-refractivity contribution >= 4 is 33.5 Å². The average molecular weight is 437 g/mol. The fourth-order valence-electron chi connectivity index (χ4n) is 3.32. The van der Waals surface area contributed by atoms with Crippen LogP contribution in [-0.2, 0) is 0 Å². The van der Waals surface area contributed by atoms with E-state index < -0.39 is 0 Å². The summed E-state index contributed by atoms with van der Waals surface area (Å²) in [4.78, 5) is 23.9. The van der Waals surface area contributed by atoms with Crippen LogP contribution in [-0.4, -0.2) is 29.0 Å². The third-order valence-electron chi connectivity index (χ3n) is 4.90. The normalized spacial score (nSPS) is 13.6. The van der Waals surface area contributed by atoms with Crippen LogP contribution in [0.1, 0.15) is 28.8 Å². The summed E-state index contributed by atoms with van der Waals surface area (Å²) in [6, 6.07) is 13.3. The van der Waals surface area contributed by atoms with Gasteiger partial charge in [-0.3, -0.25) is 4.79 Å². The number of carbonyl (C=O) groups is 1. The first kappa shape index (κ1) is 18.6. The molecule has 4 rings (SSSR count). The lowest BCUT2D eigenvalue weighted by molar-refractivity contribution is 0.102. The van der Waals surface area contributed by atoms with Crippen molar-refractivity contribution in [2.24, 2.45) is 0 Å². The lowest BCUT2D eigenvalue weighted by atomic mass is 10.1. The number of nitrogens with zero attached hydrogens (tertiary/aromatic N) is 3. The Labute approximate surface area is 173 Å². The van der Waals surface area contributed by atoms with Gasteiger partial charge in [0, 0.05) is 46.8 Å². The number of anilines is 2. The lowest BCUT2D eigenvalue weighted by Gasteiger charge is -2.14. The van der Waals surface area contributed by atoms with Gasteiger partial charge >= 0.3 is 0 Å². The minimum absolute atomic E-state index is 0.141. The van der Waals surface area contributed by atoms with Gasteiger partial charge in [0.25, 0.3) is 5.91 Å². The van der Waals surface area contributed by atoms with E-state index in [1.807, 2.05) is 61.8 Å². The molecule has 1 aromatic heterocycles. The molecule has 28 heavy (non-hydrogen) atoms. The van der Waals surface area contributed by atoms with Crippen LogP contribution in [0.4, 0.5) is 11.6 Å². The van der Waals surface area contributed by atoms with Gasteiger partial charge in [0.15, 0.2) is 0 Å². The Kier molecular flexibility index (Phi) is 5.39. The molecule has 0 spiro atoms. The topological polar surface area (TPSA) is 58.1 Å². The Hall–Kier alpha value is -2.73. The lowest BCUT2D eigenvalue weighted by Crippen LogP contribution is -2.20. The molecule has 0 radical (unpaired) electrons. The van der Waals surface area contributed by atoms with E-state index in [-0.39, 0.29) is 5.91 Å². The van der Waals surface area contributed by atoms with E-state index >= 15 is 0 Å². The highest BCUT2D eigenvalue weighted by Crippen LogP contribution is 2.23. The van der Waals surface area contributed by atoms with E-state index in [1.54, 1.807) is 0 Å². The molecule has 1 aliphatic heterocycles. The first-order valence-electron chi connectivity index (χ1n) is 9.35. The molecular weight excluding hydrogens is 416 g/mol. The first-order chi connectivity index (χ1) is 13.6. The van der Waals surface area contributed by atoms with Crippen LogP contribution in [0.3, 0.4) is 0 Å². The molecule has 3 aromatic rings. The minimum Gasteiger partial charge on any atom is -0.341 e. The predicted molar refractivity (Wildman–Crippen MR) is 116 cm³/mol. The van der Waals surface area contributed by atoms with Crippen molar-refractivity contribution in [3.63, 3.8) is 0 Å². The van der Waals surface area contributed by atoms with Gasteiger partial charge in [0.1, 0.15) is 0 Å². The fourth-order valence-corrected chi connectivity index (χ4v) is 3.56. The highest BCUT2D eigenvalue weighted by molar-refractivity contribution is 9.10. The van der Waals surface area contributed by atoms with E-state index in [4.69, 9.17) is 0 Å². The van der Waals surface area contributed by atoms with Gasteiger partial charge in [-0.2, -0.15) is 0 Å². The number of aryl methyl sites for hydroxylation is 1. The highest BCUT2D eigenvalue weighted by atomic mass is 79.9. The van der Waals surface area contributed by atoms with Gasteiger partial charge in [-0.1, -0.05) is 28.1 Å². The minimum atomic E-state index is -0.141. The molecule has 0 saturated carbocycles. The average Bonchev–Trinajstić information content (AvgIpc) is 3.26. The van der Waals surface area contributed by atoms with Crippen molar-refractivity contribution in [3.05, 3.63) is 70.5 Å². The molecule has 6 heteroatoms. The quantitative estimate of drug-likeness (QED) is 0.620. The zero-order valence-electron chi connectivity index (χ0n) is 15.7. The number of benzene rings is 2. The third-order valence-corrected chi connectivity index (χ3v) is 5.79. The van der Waals surface area contributed by atoms with Gasteiger partial charge < -0.3 is 10.2 Å². The number of aromatic nitrogens is 2. The van der Waals surface area contributed by atoms with Crippen molar-refractivity contribution in [2.75, 3.05) is 23.3 Å². The molecule has 1 fully saturated rings. The number of nitrogens with one attached hydrogen (secondary N) is 1. The molecule has 0 unspecified atom stereocenters. The molecular formula is C22H21BrN4O. The SMILES string of the molecule is Cc1cc(NC(=O)c2cccc(-c3cnc(N4CCCC4)nc3)c2)ccc1Br. The maximum atomic E-state index is 12.7. The first-order valence-corrected chi connectivity index (χ1v) is 10.1. The number of amides is 1. The maximum Gasteiger partial charge on any atom is 0.255 e. The van der Waals surface area contributed by atoms with Crippen molar-refractivity contribution in [1.29, 1.82) is 0 Å². The molecule has 0 aliphatic carbocycles. The van der Waals surface area contributed by atoms with E-state index in [9.17, 15) is 4.79 Å². The second kappa shape index (κ2) is 8.10. The van der Waals surface area contributed by atoms with Crippen molar-refractivity contribution < 1.29 is 4.79 Å². The molecule has 1 aliphatic rings. The molecule has 1 saturated heterocycles. The summed E-state index contributed by atoms with van der Waals surface area (Å²) in [5.74, 6) is 0.638. The van der Waals surface area contributed by atoms with Gasteiger partial charge in [0.05, 0.1) is 0 Å². The Morgan fingerprint density at radius 2 is 1.79 bits per heavy atom. The molecule has 0 bridgehead atoms. The van der Waals surface area contributed by atoms with Gasteiger partial charge in [0.2, 0.25) is 5.95 Å². The van der Waals surface area contributed by atoms with Crippen LogP contribution >= 0.6 is 15.9 Å². The molecule has 0 atom stereocenters. The van der Waals surface area contributed by atoms with Crippen LogP contribution in [0.2, 0.25) is 0 Å². The fraction of sp³-hybridized carbons (Fsp3) is 0.227. The monoisotopic (exact) mass is 436 g/mol. The predicted octanol–water partition coefficient (Wildman–Crippen LogP) is 5.07. The number of hydrogen-bond acceptors (Lipinski definition) is 4. The zero-order chi connectivity index (χ0) is 19.5. The Bertz CT molecular complexity index is 998. The Balaban J connectivity index is 1.52. The molecule has 5 nitrogen and oxygen atoms in total. The summed E-state index contributed by atoms with van der Waals surface area (Å²) < 4.78 is 1.02. The summed E-state index contributed by atoms with van der Waals surface area (Å²) in [6.07, 6.45) is 6.05. The molecule has 142 valence electrons. The molecule has 1 amide bonds. The molecule has 2 heterocycles. The molecule has 1 N–H and O–H groups in total. The van der Waals surface area contributed by atoms with Crippen molar-refractivity contribution in [3.8, 4) is 11.1 Å². The van der Waals surface area contributed by atoms with Crippen LogP contribution in [0.25, 0.3) is 11.1 Å². The summed E-state index contributed by atoms with van der Waals surface area (Å²) in [7, 11) is 0. The number of hydrogen-bond donors (Lipinski definition) is 1. The largest absolute Gasteiger partial charge is 0.341 e. The summed E-state index contributed by atoms with van der Waals surface area (Å²) in [6.45, 7) is 4.03. The standard InChI is InChI=1S/C22H21BrN4O/c1-15-11-19(7-8-20(15)23)26-21(28)17-6-4-5-16(12-17)18-13-24-22(25-14-18)27-9-2-3-10-27/h4-8,11-14H,2-3,9-10H2,1H3,(H,26,28). The van der Waals surface area contributed by atoms with Crippen LogP contribution < -0.4 is 10.2 Å². The van der Waals surface area contributed by atoms with Gasteiger partial charge in [-0.15, -0.1) is 0 Å². The maximum absolute atomic E-state index is 12.7. The Morgan fingerprint density at radius 3 is 2.50 bits per heavy atom. The van der Waals surface area contributed by atoms with Crippen LogP contribution in [0.5, 0.6) is 0 Å². The van der Waals surface area contributed by atoms with Crippen LogP contribution in [0.15, 0.2) is 59.3 Å². The summed E-state index contributed by atoms with van der Waals surface area (Å²) in [5.41, 5.74) is 4.27. The summed E-state index contributed by atoms with van der Waals surface area (Å²) in [5, 5.41) is 2.95. The second-order valence-corrected chi connectivity index (χ2v) is 7.82. The number of rotatable bonds is 4. The second-order valence-electron chi connectivity index (χ2n) is 6.96. The zero-order valence-corrected chi connectivity index (χ0v) is 17.2. The van der Waals surface area contributed by atoms with Crippen molar-refractivity contribution in [1.82, 2.24) is 9.97 Å². The smallest absolute Gasteiger partial charge is 0.255 e. The third kappa shape index (κ3) is 4.07. The van der Waals surface area contributed by atoms with E-state index in [2.05, 4.69) is 36.1 Å². The number of carbonyl (C=O) groups excluding carboxylic acids is 1. The van der Waals surface area contributed by atoms with Crippen molar-refractivity contribution in [2.45, 2.75) is 19.8 Å². The van der Waals surface area contributed by atoms with E-state index in [0.717, 1.165) is 45.9 Å². The number of halogens is 1. The van der Waals surface area contributed by atoms with E-state index in [0.29, 0.717) is 5.56 Å². The van der Waals surface area contributed by atoms with Gasteiger partial charge in [-0.25, -0.2) is 9.97 Å².